The largest absolute Gasteiger partial charge is 0.340 e. The van der Waals surface area contributed by atoms with Crippen molar-refractivity contribution >= 4 is 5.91 Å². The van der Waals surface area contributed by atoms with Gasteiger partial charge >= 0.3 is 0 Å². The van der Waals surface area contributed by atoms with Crippen LogP contribution in [0, 0.1) is 17.8 Å². The van der Waals surface area contributed by atoms with Crippen molar-refractivity contribution in [3.05, 3.63) is 0 Å². The Balaban J connectivity index is 2.52. The highest BCUT2D eigenvalue weighted by molar-refractivity contribution is 5.77. The predicted molar refractivity (Wildman–Crippen MR) is 76.2 cm³/mol. The first kappa shape index (κ1) is 15.5. The molecule has 1 amide bonds. The van der Waals surface area contributed by atoms with Crippen LogP contribution in [0.15, 0.2) is 0 Å². The van der Waals surface area contributed by atoms with Gasteiger partial charge in [-0.15, -0.1) is 0 Å². The zero-order chi connectivity index (χ0) is 13.7. The summed E-state index contributed by atoms with van der Waals surface area (Å²) >= 11 is 0. The topological polar surface area (TPSA) is 46.3 Å². The van der Waals surface area contributed by atoms with Gasteiger partial charge in [0.2, 0.25) is 5.91 Å². The van der Waals surface area contributed by atoms with Crippen LogP contribution in [0.3, 0.4) is 0 Å². The van der Waals surface area contributed by atoms with Crippen molar-refractivity contribution in [2.75, 3.05) is 13.1 Å². The summed E-state index contributed by atoms with van der Waals surface area (Å²) in [5, 5.41) is 0. The van der Waals surface area contributed by atoms with Gasteiger partial charge in [0, 0.05) is 19.0 Å². The number of amides is 1. The van der Waals surface area contributed by atoms with E-state index in [9.17, 15) is 4.79 Å². The van der Waals surface area contributed by atoms with Gasteiger partial charge in [0.15, 0.2) is 0 Å². The van der Waals surface area contributed by atoms with Crippen molar-refractivity contribution in [1.29, 1.82) is 0 Å². The molecule has 1 aliphatic heterocycles. The van der Waals surface area contributed by atoms with Gasteiger partial charge in [0.1, 0.15) is 0 Å². The maximum atomic E-state index is 12.4. The number of carbonyl (C=O) groups excluding carboxylic acids is 1. The van der Waals surface area contributed by atoms with Crippen LogP contribution >= 0.6 is 0 Å². The minimum Gasteiger partial charge on any atom is -0.340 e. The quantitative estimate of drug-likeness (QED) is 0.820. The molecular formula is C15H30N2O. The lowest BCUT2D eigenvalue weighted by Gasteiger charge is -2.38. The van der Waals surface area contributed by atoms with E-state index in [2.05, 4.69) is 32.6 Å². The molecule has 0 bridgehead atoms. The van der Waals surface area contributed by atoms with Crippen LogP contribution in [0.1, 0.15) is 53.4 Å². The minimum absolute atomic E-state index is 0.310. The molecule has 1 rings (SSSR count). The summed E-state index contributed by atoms with van der Waals surface area (Å²) in [5.41, 5.74) is 5.79. The van der Waals surface area contributed by atoms with Crippen LogP contribution in [0.2, 0.25) is 0 Å². The third-order valence-corrected chi connectivity index (χ3v) is 4.30. The first-order chi connectivity index (χ1) is 8.45. The molecule has 3 atom stereocenters. The highest BCUT2D eigenvalue weighted by atomic mass is 16.2. The summed E-state index contributed by atoms with van der Waals surface area (Å²) in [7, 11) is 0. The second kappa shape index (κ2) is 7.13. The van der Waals surface area contributed by atoms with Crippen molar-refractivity contribution in [3.63, 3.8) is 0 Å². The summed E-state index contributed by atoms with van der Waals surface area (Å²) < 4.78 is 0. The molecule has 1 saturated heterocycles. The van der Waals surface area contributed by atoms with Crippen molar-refractivity contribution < 1.29 is 4.79 Å². The summed E-state index contributed by atoms with van der Waals surface area (Å²) in [4.78, 5) is 14.5. The molecule has 2 N–H and O–H groups in total. The van der Waals surface area contributed by atoms with E-state index in [1.165, 1.54) is 6.42 Å². The molecule has 0 spiro atoms. The molecule has 18 heavy (non-hydrogen) atoms. The number of nitrogens with zero attached hydrogens (tertiary/aromatic N) is 1. The van der Waals surface area contributed by atoms with E-state index in [0.717, 1.165) is 19.4 Å². The number of carbonyl (C=O) groups is 1. The Labute approximate surface area is 112 Å². The summed E-state index contributed by atoms with van der Waals surface area (Å²) in [6, 6.07) is 0.392. The van der Waals surface area contributed by atoms with E-state index in [1.807, 2.05) is 0 Å². The highest BCUT2D eigenvalue weighted by Crippen LogP contribution is 2.25. The van der Waals surface area contributed by atoms with Gasteiger partial charge in [-0.2, -0.15) is 0 Å². The third-order valence-electron chi connectivity index (χ3n) is 4.30. The zero-order valence-electron chi connectivity index (χ0n) is 12.5. The summed E-state index contributed by atoms with van der Waals surface area (Å²) in [5.74, 6) is 1.90. The molecule has 1 aliphatic rings. The van der Waals surface area contributed by atoms with Crippen LogP contribution in [0.5, 0.6) is 0 Å². The fourth-order valence-electron chi connectivity index (χ4n) is 2.98. The molecule has 3 heteroatoms. The Morgan fingerprint density at radius 1 is 1.39 bits per heavy atom. The Morgan fingerprint density at radius 3 is 2.61 bits per heavy atom. The number of likely N-dealkylation sites (tertiary alicyclic amines) is 1. The fourth-order valence-corrected chi connectivity index (χ4v) is 2.98. The number of nitrogens with two attached hydrogens (primary N) is 1. The molecule has 3 nitrogen and oxygen atoms in total. The predicted octanol–water partition coefficient (Wildman–Crippen LogP) is 2.64. The van der Waals surface area contributed by atoms with Gasteiger partial charge in [-0.3, -0.25) is 4.79 Å². The first-order valence-corrected chi connectivity index (χ1v) is 7.45. The van der Waals surface area contributed by atoms with E-state index in [-0.39, 0.29) is 0 Å². The average molecular weight is 254 g/mol. The van der Waals surface area contributed by atoms with Crippen LogP contribution < -0.4 is 5.73 Å². The molecular weight excluding hydrogens is 224 g/mol. The number of hydrogen-bond donors (Lipinski definition) is 1. The number of hydrogen-bond acceptors (Lipinski definition) is 2. The van der Waals surface area contributed by atoms with Crippen molar-refractivity contribution in [3.8, 4) is 0 Å². The van der Waals surface area contributed by atoms with Crippen LogP contribution in [-0.4, -0.2) is 29.9 Å². The second-order valence-corrected chi connectivity index (χ2v) is 6.38. The van der Waals surface area contributed by atoms with Crippen LogP contribution in [0.4, 0.5) is 0 Å². The Hall–Kier alpha value is -0.570. The summed E-state index contributed by atoms with van der Waals surface area (Å²) in [6.45, 7) is 10.4. The van der Waals surface area contributed by atoms with E-state index in [4.69, 9.17) is 5.73 Å². The zero-order valence-corrected chi connectivity index (χ0v) is 12.5. The minimum atomic E-state index is 0.310. The molecule has 0 aliphatic carbocycles. The van der Waals surface area contributed by atoms with Gasteiger partial charge in [-0.05, 0) is 50.5 Å². The lowest BCUT2D eigenvalue weighted by Crippen LogP contribution is -2.46. The van der Waals surface area contributed by atoms with Crippen molar-refractivity contribution in [1.82, 2.24) is 4.90 Å². The maximum absolute atomic E-state index is 12.4. The van der Waals surface area contributed by atoms with Gasteiger partial charge < -0.3 is 10.6 Å². The molecule has 106 valence electrons. The normalized spacial score (nSPS) is 26.4. The molecule has 1 heterocycles. The molecule has 0 aromatic carbocycles. The molecule has 0 radical (unpaired) electrons. The van der Waals surface area contributed by atoms with Crippen LogP contribution in [0.25, 0.3) is 0 Å². The van der Waals surface area contributed by atoms with Gasteiger partial charge in [-0.1, -0.05) is 20.8 Å². The van der Waals surface area contributed by atoms with Crippen molar-refractivity contribution in [2.24, 2.45) is 23.5 Å². The monoisotopic (exact) mass is 254 g/mol. The molecule has 1 fully saturated rings. The van der Waals surface area contributed by atoms with Crippen molar-refractivity contribution in [2.45, 2.75) is 59.4 Å². The smallest absolute Gasteiger partial charge is 0.223 e. The first-order valence-electron chi connectivity index (χ1n) is 7.45. The SMILES string of the molecule is CC(C)C[C@H](CN)CC(=O)N1CCCC(C)C1C. The third kappa shape index (κ3) is 4.27. The van der Waals surface area contributed by atoms with E-state index >= 15 is 0 Å². The average Bonchev–Trinajstić information content (AvgIpc) is 2.31. The molecule has 2 unspecified atom stereocenters. The number of piperidine rings is 1. The van der Waals surface area contributed by atoms with Gasteiger partial charge in [0.25, 0.3) is 0 Å². The Kier molecular flexibility index (Phi) is 6.13. The van der Waals surface area contributed by atoms with Gasteiger partial charge in [0.05, 0.1) is 0 Å². The fraction of sp³-hybridized carbons (Fsp3) is 0.933. The van der Waals surface area contributed by atoms with Gasteiger partial charge in [-0.25, -0.2) is 0 Å². The molecule has 0 aromatic rings. The number of rotatable bonds is 5. The van der Waals surface area contributed by atoms with Crippen LogP contribution in [-0.2, 0) is 4.79 Å². The lowest BCUT2D eigenvalue weighted by molar-refractivity contribution is -0.136. The Bertz CT molecular complexity index is 265. The Morgan fingerprint density at radius 2 is 2.06 bits per heavy atom. The van der Waals surface area contributed by atoms with E-state index in [1.54, 1.807) is 0 Å². The molecule has 0 saturated carbocycles. The summed E-state index contributed by atoms with van der Waals surface area (Å²) in [6.07, 6.45) is 4.08. The van der Waals surface area contributed by atoms with E-state index in [0.29, 0.717) is 42.7 Å². The van der Waals surface area contributed by atoms with E-state index < -0.39 is 0 Å². The highest BCUT2D eigenvalue weighted by Gasteiger charge is 2.29. The maximum Gasteiger partial charge on any atom is 0.223 e. The second-order valence-electron chi connectivity index (χ2n) is 6.38. The lowest BCUT2D eigenvalue weighted by atomic mass is 9.89. The molecule has 0 aromatic heterocycles. The standard InChI is InChI=1S/C15H30N2O/c1-11(2)8-14(10-16)9-15(18)17-7-5-6-12(3)13(17)4/h11-14H,5-10,16H2,1-4H3/t12?,13?,14-/m0/s1.